The van der Waals surface area contributed by atoms with Crippen molar-refractivity contribution in [3.8, 4) is 0 Å². The van der Waals surface area contributed by atoms with Crippen molar-refractivity contribution in [2.75, 3.05) is 32.0 Å². The molecule has 5 nitrogen and oxygen atoms in total. The van der Waals surface area contributed by atoms with Crippen LogP contribution in [0, 0.1) is 0 Å². The lowest BCUT2D eigenvalue weighted by molar-refractivity contribution is -0.116. The first kappa shape index (κ1) is 22.1. The molecule has 3 N–H and O–H groups in total. The monoisotopic (exact) mass is 363 g/mol. The Hall–Kier alpha value is -0.850. The molecule has 1 aromatic carbocycles. The van der Waals surface area contributed by atoms with Crippen LogP contribution in [-0.2, 0) is 11.3 Å². The van der Waals surface area contributed by atoms with Crippen LogP contribution >= 0.6 is 24.8 Å². The topological polar surface area (TPSA) is 64.6 Å². The van der Waals surface area contributed by atoms with E-state index in [2.05, 4.69) is 21.6 Å². The molecule has 1 aliphatic heterocycles. The van der Waals surface area contributed by atoms with E-state index in [-0.39, 0.29) is 36.8 Å². The van der Waals surface area contributed by atoms with Crippen molar-refractivity contribution >= 4 is 36.4 Å². The van der Waals surface area contributed by atoms with E-state index >= 15 is 0 Å². The summed E-state index contributed by atoms with van der Waals surface area (Å²) in [6, 6.07) is 8.00. The maximum absolute atomic E-state index is 11.7. The number of benzene rings is 1. The summed E-state index contributed by atoms with van der Waals surface area (Å²) in [6.07, 6.45) is 2.03. The summed E-state index contributed by atoms with van der Waals surface area (Å²) in [5.74, 6) is 0.0302. The lowest BCUT2D eigenvalue weighted by Crippen LogP contribution is -2.35. The number of halogens is 2. The summed E-state index contributed by atoms with van der Waals surface area (Å²) in [5.41, 5.74) is 2.04. The largest absolute Gasteiger partial charge is 0.393 e. The molecule has 0 saturated carbocycles. The van der Waals surface area contributed by atoms with Crippen LogP contribution in [-0.4, -0.2) is 48.7 Å². The zero-order valence-electron chi connectivity index (χ0n) is 13.5. The molecule has 0 atom stereocenters. The normalized spacial score (nSPS) is 15.4. The second-order valence-corrected chi connectivity index (χ2v) is 5.61. The number of aliphatic hydroxyl groups is 1. The average molecular weight is 364 g/mol. The summed E-state index contributed by atoms with van der Waals surface area (Å²) in [7, 11) is 1.84. The third kappa shape index (κ3) is 7.99. The van der Waals surface area contributed by atoms with Gasteiger partial charge in [-0.3, -0.25) is 9.69 Å². The van der Waals surface area contributed by atoms with E-state index in [0.29, 0.717) is 13.0 Å². The van der Waals surface area contributed by atoms with E-state index in [1.165, 1.54) is 5.56 Å². The van der Waals surface area contributed by atoms with Crippen LogP contribution < -0.4 is 10.6 Å². The van der Waals surface area contributed by atoms with Crippen molar-refractivity contribution in [2.45, 2.75) is 31.9 Å². The number of anilines is 1. The Kier molecular flexibility index (Phi) is 11.2. The van der Waals surface area contributed by atoms with Crippen LogP contribution in [0.2, 0.25) is 0 Å². The Morgan fingerprint density at radius 3 is 2.65 bits per heavy atom. The standard InChI is InChI=1S/C16H25N3O2.2ClH/c1-17-8-5-16(21)18-14-4-2-3-13(11-14)12-19-9-6-15(20)7-10-19;;/h2-4,11,15,17,20H,5-10,12H2,1H3,(H,18,21);2*1H. The Morgan fingerprint density at radius 2 is 2.00 bits per heavy atom. The van der Waals surface area contributed by atoms with Gasteiger partial charge >= 0.3 is 0 Å². The highest BCUT2D eigenvalue weighted by Gasteiger charge is 2.16. The van der Waals surface area contributed by atoms with Gasteiger partial charge < -0.3 is 15.7 Å². The highest BCUT2D eigenvalue weighted by atomic mass is 35.5. The molecular formula is C16H27Cl2N3O2. The number of nitrogens with one attached hydrogen (secondary N) is 2. The Bertz CT molecular complexity index is 466. The smallest absolute Gasteiger partial charge is 0.225 e. The van der Waals surface area contributed by atoms with Crippen molar-refractivity contribution in [3.63, 3.8) is 0 Å². The summed E-state index contributed by atoms with van der Waals surface area (Å²) < 4.78 is 0. The molecule has 1 saturated heterocycles. The third-order valence-corrected chi connectivity index (χ3v) is 3.78. The van der Waals surface area contributed by atoms with Crippen LogP contribution in [0.5, 0.6) is 0 Å². The lowest BCUT2D eigenvalue weighted by atomic mass is 10.1. The molecule has 2 rings (SSSR count). The molecule has 23 heavy (non-hydrogen) atoms. The fraction of sp³-hybridized carbons (Fsp3) is 0.562. The molecule has 1 aliphatic rings. The maximum atomic E-state index is 11.7. The molecule has 7 heteroatoms. The fourth-order valence-electron chi connectivity index (χ4n) is 2.55. The fourth-order valence-corrected chi connectivity index (χ4v) is 2.55. The van der Waals surface area contributed by atoms with E-state index < -0.39 is 0 Å². The molecule has 0 aromatic heterocycles. The Balaban J connectivity index is 0.00000242. The number of aliphatic hydroxyl groups excluding tert-OH is 1. The van der Waals surface area contributed by atoms with Gasteiger partial charge in [-0.2, -0.15) is 0 Å². The average Bonchev–Trinajstić information content (AvgIpc) is 2.48. The molecule has 0 aliphatic carbocycles. The van der Waals surface area contributed by atoms with E-state index in [0.717, 1.165) is 38.2 Å². The number of carbonyl (C=O) groups excluding carboxylic acids is 1. The van der Waals surface area contributed by atoms with Crippen LogP contribution in [0.3, 0.4) is 0 Å². The molecule has 1 fully saturated rings. The predicted molar refractivity (Wildman–Crippen MR) is 98.6 cm³/mol. The number of amides is 1. The predicted octanol–water partition coefficient (Wildman–Crippen LogP) is 2.03. The van der Waals surface area contributed by atoms with Crippen molar-refractivity contribution in [3.05, 3.63) is 29.8 Å². The van der Waals surface area contributed by atoms with Crippen molar-refractivity contribution in [2.24, 2.45) is 0 Å². The van der Waals surface area contributed by atoms with Gasteiger partial charge in [0.15, 0.2) is 0 Å². The number of nitrogens with zero attached hydrogens (tertiary/aromatic N) is 1. The first-order chi connectivity index (χ1) is 10.2. The Labute approximate surface area is 150 Å². The minimum Gasteiger partial charge on any atom is -0.393 e. The number of piperidine rings is 1. The number of likely N-dealkylation sites (tertiary alicyclic amines) is 1. The second-order valence-electron chi connectivity index (χ2n) is 5.61. The van der Waals surface area contributed by atoms with Gasteiger partial charge in [-0.05, 0) is 37.6 Å². The van der Waals surface area contributed by atoms with Crippen molar-refractivity contribution < 1.29 is 9.90 Å². The molecule has 0 bridgehead atoms. The molecule has 1 heterocycles. The highest BCUT2D eigenvalue weighted by Crippen LogP contribution is 2.16. The van der Waals surface area contributed by atoms with Gasteiger partial charge in [0, 0.05) is 38.3 Å². The molecule has 1 aromatic rings. The van der Waals surface area contributed by atoms with Crippen LogP contribution in [0.25, 0.3) is 0 Å². The molecule has 0 radical (unpaired) electrons. The van der Waals surface area contributed by atoms with Crippen molar-refractivity contribution in [1.29, 1.82) is 0 Å². The lowest BCUT2D eigenvalue weighted by Gasteiger charge is -2.29. The summed E-state index contributed by atoms with van der Waals surface area (Å²) in [4.78, 5) is 14.1. The van der Waals surface area contributed by atoms with E-state index in [9.17, 15) is 9.90 Å². The minimum atomic E-state index is -0.140. The zero-order valence-corrected chi connectivity index (χ0v) is 15.1. The van der Waals surface area contributed by atoms with Gasteiger partial charge in [-0.1, -0.05) is 12.1 Å². The number of hydrogen-bond donors (Lipinski definition) is 3. The number of rotatable bonds is 6. The Morgan fingerprint density at radius 1 is 1.30 bits per heavy atom. The number of hydrogen-bond acceptors (Lipinski definition) is 4. The molecule has 0 spiro atoms. The maximum Gasteiger partial charge on any atom is 0.225 e. The van der Waals surface area contributed by atoms with E-state index in [1.807, 2.05) is 25.2 Å². The van der Waals surface area contributed by atoms with E-state index in [1.54, 1.807) is 0 Å². The third-order valence-electron chi connectivity index (χ3n) is 3.78. The van der Waals surface area contributed by atoms with Gasteiger partial charge in [0.25, 0.3) is 0 Å². The first-order valence-electron chi connectivity index (χ1n) is 7.61. The van der Waals surface area contributed by atoms with Crippen LogP contribution in [0.1, 0.15) is 24.8 Å². The van der Waals surface area contributed by atoms with Gasteiger partial charge in [0.1, 0.15) is 0 Å². The molecule has 1 amide bonds. The van der Waals surface area contributed by atoms with E-state index in [4.69, 9.17) is 0 Å². The van der Waals surface area contributed by atoms with Gasteiger partial charge in [0.2, 0.25) is 5.91 Å². The van der Waals surface area contributed by atoms with Gasteiger partial charge in [-0.25, -0.2) is 0 Å². The van der Waals surface area contributed by atoms with Gasteiger partial charge in [0.05, 0.1) is 6.10 Å². The highest BCUT2D eigenvalue weighted by molar-refractivity contribution is 5.90. The van der Waals surface area contributed by atoms with Gasteiger partial charge in [-0.15, -0.1) is 24.8 Å². The number of carbonyl (C=O) groups is 1. The molecular weight excluding hydrogens is 337 g/mol. The summed E-state index contributed by atoms with van der Waals surface area (Å²) >= 11 is 0. The van der Waals surface area contributed by atoms with Crippen LogP contribution in [0.4, 0.5) is 5.69 Å². The summed E-state index contributed by atoms with van der Waals surface area (Å²) in [5, 5.41) is 15.4. The van der Waals surface area contributed by atoms with Crippen molar-refractivity contribution in [1.82, 2.24) is 10.2 Å². The first-order valence-corrected chi connectivity index (χ1v) is 7.61. The van der Waals surface area contributed by atoms with Crippen LogP contribution in [0.15, 0.2) is 24.3 Å². The molecule has 132 valence electrons. The second kappa shape index (κ2) is 11.6. The summed E-state index contributed by atoms with van der Waals surface area (Å²) in [6.45, 7) is 3.41. The quantitative estimate of drug-likeness (QED) is 0.723. The molecule has 0 unspecified atom stereocenters. The minimum absolute atomic E-state index is 0. The SMILES string of the molecule is CNCCC(=O)Nc1cccc(CN2CCC(O)CC2)c1.Cl.Cl. The zero-order chi connectivity index (χ0) is 15.1.